The molecule has 2 aliphatic rings. The van der Waals surface area contributed by atoms with Gasteiger partial charge in [0, 0.05) is 57.4 Å². The summed E-state index contributed by atoms with van der Waals surface area (Å²) in [4.78, 5) is 7.75. The lowest BCUT2D eigenvalue weighted by Gasteiger charge is -2.46. The van der Waals surface area contributed by atoms with Crippen molar-refractivity contribution in [3.8, 4) is 0 Å². The smallest absolute Gasteiger partial charge is 0.0347 e. The number of nitrogens with zero attached hydrogens (tertiary/aromatic N) is 3. The van der Waals surface area contributed by atoms with E-state index in [1.165, 1.54) is 32.7 Å². The van der Waals surface area contributed by atoms with Gasteiger partial charge in [-0.3, -0.25) is 9.80 Å². The summed E-state index contributed by atoms with van der Waals surface area (Å²) in [6.07, 6.45) is 0. The maximum Gasteiger partial charge on any atom is 0.0347 e. The van der Waals surface area contributed by atoms with E-state index in [9.17, 15) is 0 Å². The highest BCUT2D eigenvalue weighted by Gasteiger charge is 2.32. The number of rotatable bonds is 3. The molecule has 0 saturated carbocycles. The van der Waals surface area contributed by atoms with Crippen molar-refractivity contribution in [1.82, 2.24) is 20.0 Å². The van der Waals surface area contributed by atoms with E-state index in [2.05, 4.69) is 54.9 Å². The Morgan fingerprint density at radius 3 is 2.58 bits per heavy atom. The highest BCUT2D eigenvalue weighted by atomic mass is 15.3. The lowest BCUT2D eigenvalue weighted by Crippen LogP contribution is -2.62. The summed E-state index contributed by atoms with van der Waals surface area (Å²) < 4.78 is 0. The van der Waals surface area contributed by atoms with Crippen molar-refractivity contribution >= 4 is 0 Å². The Kier molecular flexibility index (Phi) is 5.23. The van der Waals surface area contributed by atoms with Crippen LogP contribution in [0.3, 0.4) is 0 Å². The van der Waals surface area contributed by atoms with E-state index in [1.807, 2.05) is 0 Å². The predicted molar refractivity (Wildman–Crippen MR) is 81.6 cm³/mol. The molecule has 1 N–H and O–H groups in total. The molecule has 2 aliphatic heterocycles. The molecule has 3 unspecified atom stereocenters. The van der Waals surface area contributed by atoms with Crippen LogP contribution in [-0.2, 0) is 0 Å². The summed E-state index contributed by atoms with van der Waals surface area (Å²) in [5.74, 6) is 0.728. The Hall–Kier alpha value is -0.160. The number of piperazine rings is 2. The van der Waals surface area contributed by atoms with Crippen molar-refractivity contribution in [3.05, 3.63) is 0 Å². The van der Waals surface area contributed by atoms with Crippen LogP contribution >= 0.6 is 0 Å². The van der Waals surface area contributed by atoms with Gasteiger partial charge in [0.25, 0.3) is 0 Å². The number of hydrogen-bond acceptors (Lipinski definition) is 4. The average molecular weight is 268 g/mol. The molecular formula is C15H32N4. The van der Waals surface area contributed by atoms with Crippen LogP contribution < -0.4 is 5.32 Å². The first-order valence-corrected chi connectivity index (χ1v) is 7.83. The van der Waals surface area contributed by atoms with Crippen molar-refractivity contribution < 1.29 is 0 Å². The Labute approximate surface area is 119 Å². The lowest BCUT2D eigenvalue weighted by molar-refractivity contribution is 0.0385. The Balaban J connectivity index is 1.97. The lowest BCUT2D eigenvalue weighted by atomic mass is 9.97. The van der Waals surface area contributed by atoms with Crippen molar-refractivity contribution in [2.24, 2.45) is 5.92 Å². The highest BCUT2D eigenvalue weighted by molar-refractivity contribution is 4.90. The molecule has 2 saturated heterocycles. The van der Waals surface area contributed by atoms with Crippen LogP contribution in [0, 0.1) is 5.92 Å². The summed E-state index contributed by atoms with van der Waals surface area (Å²) in [6.45, 7) is 14.2. The summed E-state index contributed by atoms with van der Waals surface area (Å²) >= 11 is 0. The number of nitrogens with one attached hydrogen (secondary N) is 1. The summed E-state index contributed by atoms with van der Waals surface area (Å²) in [7, 11) is 4.54. The van der Waals surface area contributed by atoms with Gasteiger partial charge in [-0.1, -0.05) is 13.8 Å². The Morgan fingerprint density at radius 2 is 1.89 bits per heavy atom. The monoisotopic (exact) mass is 268 g/mol. The van der Waals surface area contributed by atoms with E-state index in [-0.39, 0.29) is 0 Å². The van der Waals surface area contributed by atoms with Gasteiger partial charge in [-0.2, -0.15) is 0 Å². The highest BCUT2D eigenvalue weighted by Crippen LogP contribution is 2.17. The van der Waals surface area contributed by atoms with Crippen LogP contribution in [0.1, 0.15) is 20.8 Å². The van der Waals surface area contributed by atoms with Crippen LogP contribution in [0.2, 0.25) is 0 Å². The zero-order valence-corrected chi connectivity index (χ0v) is 13.4. The normalized spacial score (nSPS) is 36.0. The first-order chi connectivity index (χ1) is 8.97. The van der Waals surface area contributed by atoms with Crippen LogP contribution in [0.15, 0.2) is 0 Å². The third kappa shape index (κ3) is 3.91. The maximum atomic E-state index is 3.63. The summed E-state index contributed by atoms with van der Waals surface area (Å²) in [5.41, 5.74) is 0. The van der Waals surface area contributed by atoms with Crippen molar-refractivity contribution in [1.29, 1.82) is 0 Å². The maximum absolute atomic E-state index is 3.63. The van der Waals surface area contributed by atoms with E-state index in [4.69, 9.17) is 0 Å². The fraction of sp³-hybridized carbons (Fsp3) is 1.00. The van der Waals surface area contributed by atoms with Gasteiger partial charge in [0.05, 0.1) is 0 Å². The van der Waals surface area contributed by atoms with Crippen LogP contribution in [0.4, 0.5) is 0 Å². The molecule has 0 radical (unpaired) electrons. The Morgan fingerprint density at radius 1 is 1.16 bits per heavy atom. The SMILES string of the molecule is CC1CN(CC2CN(C)CCN2C)C(C(C)C)CN1. The van der Waals surface area contributed by atoms with Gasteiger partial charge in [-0.25, -0.2) is 0 Å². The fourth-order valence-corrected chi connectivity index (χ4v) is 3.44. The zero-order valence-electron chi connectivity index (χ0n) is 13.4. The molecule has 3 atom stereocenters. The minimum atomic E-state index is 0.627. The van der Waals surface area contributed by atoms with E-state index in [0.29, 0.717) is 18.1 Å². The molecule has 0 spiro atoms. The molecular weight excluding hydrogens is 236 g/mol. The molecule has 0 bridgehead atoms. The molecule has 2 heterocycles. The fourth-order valence-electron chi connectivity index (χ4n) is 3.44. The van der Waals surface area contributed by atoms with Gasteiger partial charge >= 0.3 is 0 Å². The molecule has 0 aliphatic carbocycles. The minimum Gasteiger partial charge on any atom is -0.311 e. The molecule has 0 aromatic rings. The molecule has 0 aromatic heterocycles. The van der Waals surface area contributed by atoms with Gasteiger partial charge in [0.2, 0.25) is 0 Å². The minimum absolute atomic E-state index is 0.627. The predicted octanol–water partition coefficient (Wildman–Crippen LogP) is 0.551. The summed E-state index contributed by atoms with van der Waals surface area (Å²) in [5, 5.41) is 3.63. The second-order valence-electron chi connectivity index (χ2n) is 6.97. The van der Waals surface area contributed by atoms with E-state index in [1.54, 1.807) is 0 Å². The van der Waals surface area contributed by atoms with Gasteiger partial charge in [-0.15, -0.1) is 0 Å². The molecule has 0 aromatic carbocycles. The largest absolute Gasteiger partial charge is 0.311 e. The van der Waals surface area contributed by atoms with Crippen molar-refractivity contribution in [2.75, 3.05) is 53.4 Å². The zero-order chi connectivity index (χ0) is 14.0. The van der Waals surface area contributed by atoms with Gasteiger partial charge in [-0.05, 0) is 26.9 Å². The molecule has 2 rings (SSSR count). The number of likely N-dealkylation sites (N-methyl/N-ethyl adjacent to an activating group) is 2. The Bertz CT molecular complexity index is 281. The van der Waals surface area contributed by atoms with Gasteiger partial charge < -0.3 is 10.2 Å². The van der Waals surface area contributed by atoms with E-state index < -0.39 is 0 Å². The van der Waals surface area contributed by atoms with Gasteiger partial charge in [0.1, 0.15) is 0 Å². The van der Waals surface area contributed by atoms with Crippen LogP contribution in [-0.4, -0.2) is 86.2 Å². The molecule has 4 nitrogen and oxygen atoms in total. The van der Waals surface area contributed by atoms with E-state index in [0.717, 1.165) is 12.5 Å². The molecule has 2 fully saturated rings. The second-order valence-corrected chi connectivity index (χ2v) is 6.97. The third-order valence-corrected chi connectivity index (χ3v) is 4.85. The standard InChI is InChI=1S/C15H32N4/c1-12(2)15-8-16-13(3)9-19(15)11-14-10-17(4)6-7-18(14)5/h12-16H,6-11H2,1-5H3. The quantitative estimate of drug-likeness (QED) is 0.807. The van der Waals surface area contributed by atoms with Crippen molar-refractivity contribution in [3.63, 3.8) is 0 Å². The average Bonchev–Trinajstić information content (AvgIpc) is 2.33. The first-order valence-electron chi connectivity index (χ1n) is 7.83. The molecule has 4 heteroatoms. The van der Waals surface area contributed by atoms with Crippen LogP contribution in [0.25, 0.3) is 0 Å². The summed E-state index contributed by atoms with van der Waals surface area (Å²) in [6, 6.07) is 2.00. The molecule has 19 heavy (non-hydrogen) atoms. The van der Waals surface area contributed by atoms with Gasteiger partial charge in [0.15, 0.2) is 0 Å². The van der Waals surface area contributed by atoms with Crippen LogP contribution in [0.5, 0.6) is 0 Å². The first kappa shape index (κ1) is 15.2. The second kappa shape index (κ2) is 6.53. The third-order valence-electron chi connectivity index (χ3n) is 4.85. The van der Waals surface area contributed by atoms with E-state index >= 15 is 0 Å². The topological polar surface area (TPSA) is 21.8 Å². The molecule has 112 valence electrons. The molecule has 0 amide bonds. The number of hydrogen-bond donors (Lipinski definition) is 1. The van der Waals surface area contributed by atoms with Crippen molar-refractivity contribution in [2.45, 2.75) is 38.9 Å².